The lowest BCUT2D eigenvalue weighted by Gasteiger charge is -1.98. The first-order valence-electron chi connectivity index (χ1n) is 6.07. The van der Waals surface area contributed by atoms with Crippen LogP contribution in [0.4, 0.5) is 0 Å². The van der Waals surface area contributed by atoms with E-state index in [9.17, 15) is 0 Å². The van der Waals surface area contributed by atoms with Crippen molar-refractivity contribution in [3.8, 4) is 0 Å². The number of hydrogen-bond donors (Lipinski definition) is 1. The van der Waals surface area contributed by atoms with Crippen LogP contribution in [0, 0.1) is 6.92 Å². The zero-order valence-corrected chi connectivity index (χ0v) is 11.0. The van der Waals surface area contributed by atoms with Crippen LogP contribution in [0.25, 0.3) is 33.1 Å². The summed E-state index contributed by atoms with van der Waals surface area (Å²) >= 11 is 6.31. The third-order valence-corrected chi connectivity index (χ3v) is 3.73. The monoisotopic (exact) mass is 267 g/mol. The van der Waals surface area contributed by atoms with E-state index >= 15 is 0 Å². The number of aromatic amines is 1. The minimum absolute atomic E-state index is 0.705. The number of para-hydroxylation sites is 2. The molecule has 1 N–H and O–H groups in total. The Labute approximate surface area is 114 Å². The van der Waals surface area contributed by atoms with E-state index in [-0.39, 0.29) is 0 Å². The molecule has 0 aliphatic carbocycles. The average molecular weight is 268 g/mol. The van der Waals surface area contributed by atoms with Crippen molar-refractivity contribution in [1.82, 2.24) is 15.0 Å². The first kappa shape index (κ1) is 10.8. The Hall–Kier alpha value is -2.13. The molecule has 0 amide bonds. The highest BCUT2D eigenvalue weighted by Crippen LogP contribution is 2.32. The van der Waals surface area contributed by atoms with Crippen molar-refractivity contribution in [1.29, 1.82) is 0 Å². The van der Waals surface area contributed by atoms with Crippen molar-refractivity contribution in [2.24, 2.45) is 0 Å². The zero-order chi connectivity index (χ0) is 13.0. The van der Waals surface area contributed by atoms with Gasteiger partial charge in [0.1, 0.15) is 5.52 Å². The molecule has 4 aromatic rings. The topological polar surface area (TPSA) is 41.6 Å². The molecule has 0 aliphatic heterocycles. The summed E-state index contributed by atoms with van der Waals surface area (Å²) in [5.74, 6) is 0. The van der Waals surface area contributed by atoms with E-state index < -0.39 is 0 Å². The van der Waals surface area contributed by atoms with E-state index in [4.69, 9.17) is 11.6 Å². The molecule has 0 saturated carbocycles. The number of nitrogens with one attached hydrogen (secondary N) is 1. The minimum atomic E-state index is 0.705. The molecule has 2 heterocycles. The summed E-state index contributed by atoms with van der Waals surface area (Å²) in [5, 5.41) is 1.66. The van der Waals surface area contributed by atoms with E-state index in [0.29, 0.717) is 5.02 Å². The third-order valence-electron chi connectivity index (χ3n) is 3.41. The van der Waals surface area contributed by atoms with Gasteiger partial charge in [-0.25, -0.2) is 9.97 Å². The molecule has 4 rings (SSSR count). The van der Waals surface area contributed by atoms with Crippen LogP contribution in [0.1, 0.15) is 5.56 Å². The molecule has 3 nitrogen and oxygen atoms in total. The largest absolute Gasteiger partial charge is 0.338 e. The van der Waals surface area contributed by atoms with Crippen molar-refractivity contribution < 1.29 is 0 Å². The maximum Gasteiger partial charge on any atom is 0.157 e. The molecule has 0 unspecified atom stereocenters. The fourth-order valence-electron chi connectivity index (χ4n) is 2.45. The van der Waals surface area contributed by atoms with E-state index in [1.54, 1.807) is 0 Å². The summed E-state index contributed by atoms with van der Waals surface area (Å²) in [4.78, 5) is 12.6. The van der Waals surface area contributed by atoms with Gasteiger partial charge < -0.3 is 4.98 Å². The molecule has 0 radical (unpaired) electrons. The van der Waals surface area contributed by atoms with Gasteiger partial charge in [-0.05, 0) is 30.7 Å². The smallest absolute Gasteiger partial charge is 0.157 e. The molecule has 0 atom stereocenters. The van der Waals surface area contributed by atoms with Gasteiger partial charge in [0.15, 0.2) is 5.65 Å². The second-order valence-corrected chi connectivity index (χ2v) is 5.06. The first-order chi connectivity index (χ1) is 9.24. The molecule has 0 bridgehead atoms. The number of rotatable bonds is 0. The lowest BCUT2D eigenvalue weighted by atomic mass is 10.1. The highest BCUT2D eigenvalue weighted by molar-refractivity contribution is 6.37. The van der Waals surface area contributed by atoms with Crippen molar-refractivity contribution >= 4 is 44.7 Å². The van der Waals surface area contributed by atoms with Crippen LogP contribution < -0.4 is 0 Å². The van der Waals surface area contributed by atoms with Crippen molar-refractivity contribution in [2.45, 2.75) is 6.92 Å². The van der Waals surface area contributed by atoms with Gasteiger partial charge in [-0.15, -0.1) is 0 Å². The fraction of sp³-hybridized carbons (Fsp3) is 0.0667. The quantitative estimate of drug-likeness (QED) is 0.518. The highest BCUT2D eigenvalue weighted by Gasteiger charge is 2.12. The molecule has 0 spiro atoms. The van der Waals surface area contributed by atoms with Crippen LogP contribution in [0.2, 0.25) is 5.02 Å². The summed E-state index contributed by atoms with van der Waals surface area (Å²) in [6.07, 6.45) is 0. The van der Waals surface area contributed by atoms with E-state index in [1.165, 1.54) is 0 Å². The normalized spacial score (nSPS) is 11.7. The first-order valence-corrected chi connectivity index (χ1v) is 6.45. The van der Waals surface area contributed by atoms with Crippen LogP contribution in [-0.4, -0.2) is 15.0 Å². The molecule has 4 heteroatoms. The molecule has 2 aromatic heterocycles. The van der Waals surface area contributed by atoms with Crippen LogP contribution in [0.3, 0.4) is 0 Å². The number of halogens is 1. The third kappa shape index (κ3) is 1.45. The Morgan fingerprint density at radius 2 is 1.74 bits per heavy atom. The second kappa shape index (κ2) is 3.68. The van der Waals surface area contributed by atoms with Crippen LogP contribution in [-0.2, 0) is 0 Å². The number of aromatic nitrogens is 3. The van der Waals surface area contributed by atoms with Gasteiger partial charge in [0.25, 0.3) is 0 Å². The van der Waals surface area contributed by atoms with Crippen LogP contribution in [0.5, 0.6) is 0 Å². The summed E-state index contributed by atoms with van der Waals surface area (Å²) in [7, 11) is 0. The molecule has 19 heavy (non-hydrogen) atoms. The van der Waals surface area contributed by atoms with Gasteiger partial charge in [-0.2, -0.15) is 0 Å². The standard InChI is InChI=1S/C15H10ClN3/c1-8-6-7-9(16)12-13(8)19-15-14(12)17-10-4-2-3-5-11(10)18-15/h2-7H,1H3,(H,18,19). The van der Waals surface area contributed by atoms with Crippen molar-refractivity contribution in [3.63, 3.8) is 0 Å². The molecule has 0 aliphatic rings. The lowest BCUT2D eigenvalue weighted by molar-refractivity contribution is 1.35. The Bertz CT molecular complexity index is 940. The van der Waals surface area contributed by atoms with Gasteiger partial charge in [0.05, 0.1) is 21.6 Å². The predicted octanol–water partition coefficient (Wildman–Crippen LogP) is 4.23. The maximum atomic E-state index is 6.31. The maximum absolute atomic E-state index is 6.31. The van der Waals surface area contributed by atoms with Crippen molar-refractivity contribution in [2.75, 3.05) is 0 Å². The number of benzene rings is 2. The predicted molar refractivity (Wildman–Crippen MR) is 78.6 cm³/mol. The molecular formula is C15H10ClN3. The summed E-state index contributed by atoms with van der Waals surface area (Å²) in [5.41, 5.74) is 5.54. The number of hydrogen-bond acceptors (Lipinski definition) is 2. The zero-order valence-electron chi connectivity index (χ0n) is 10.2. The second-order valence-electron chi connectivity index (χ2n) is 4.65. The minimum Gasteiger partial charge on any atom is -0.338 e. The molecule has 2 aromatic carbocycles. The van der Waals surface area contributed by atoms with E-state index in [1.807, 2.05) is 43.3 Å². The number of nitrogens with zero attached hydrogens (tertiary/aromatic N) is 2. The van der Waals surface area contributed by atoms with Crippen LogP contribution >= 0.6 is 11.6 Å². The summed E-state index contributed by atoms with van der Waals surface area (Å²) < 4.78 is 0. The number of aryl methyl sites for hydroxylation is 1. The fourth-order valence-corrected chi connectivity index (χ4v) is 2.70. The van der Waals surface area contributed by atoms with Crippen LogP contribution in [0.15, 0.2) is 36.4 Å². The van der Waals surface area contributed by atoms with E-state index in [2.05, 4.69) is 15.0 Å². The summed E-state index contributed by atoms with van der Waals surface area (Å²) in [6.45, 7) is 2.05. The average Bonchev–Trinajstić information content (AvgIpc) is 2.80. The Kier molecular flexibility index (Phi) is 2.09. The molecule has 0 fully saturated rings. The molecule has 0 saturated heterocycles. The Morgan fingerprint density at radius 3 is 2.53 bits per heavy atom. The van der Waals surface area contributed by atoms with E-state index in [0.717, 1.165) is 38.7 Å². The SMILES string of the molecule is Cc1ccc(Cl)c2c1[nH]c1nc3ccccc3nc12. The Balaban J connectivity index is 2.30. The van der Waals surface area contributed by atoms with Crippen molar-refractivity contribution in [3.05, 3.63) is 47.0 Å². The van der Waals surface area contributed by atoms with Gasteiger partial charge in [0, 0.05) is 5.39 Å². The van der Waals surface area contributed by atoms with Gasteiger partial charge in [-0.3, -0.25) is 0 Å². The lowest BCUT2D eigenvalue weighted by Crippen LogP contribution is -1.84. The Morgan fingerprint density at radius 1 is 1.00 bits per heavy atom. The number of fused-ring (bicyclic) bond motifs is 4. The van der Waals surface area contributed by atoms with Gasteiger partial charge in [0.2, 0.25) is 0 Å². The van der Waals surface area contributed by atoms with Gasteiger partial charge >= 0.3 is 0 Å². The number of H-pyrrole nitrogens is 1. The summed E-state index contributed by atoms with van der Waals surface area (Å²) in [6, 6.07) is 11.8. The molecule has 92 valence electrons. The van der Waals surface area contributed by atoms with Gasteiger partial charge in [-0.1, -0.05) is 29.8 Å². The molecular weight excluding hydrogens is 258 g/mol. The highest BCUT2D eigenvalue weighted by atomic mass is 35.5.